The molecule has 3 N–H and O–H groups in total. The van der Waals surface area contributed by atoms with Crippen LogP contribution in [-0.2, 0) is 19.2 Å². The predicted octanol–water partition coefficient (Wildman–Crippen LogP) is 3.58. The van der Waals surface area contributed by atoms with Gasteiger partial charge in [0.1, 0.15) is 17.9 Å². The quantitative estimate of drug-likeness (QED) is 0.334. The lowest BCUT2D eigenvalue weighted by molar-refractivity contribution is -0.159. The Balaban J connectivity index is 1.49. The lowest BCUT2D eigenvalue weighted by Crippen LogP contribution is -2.56. The number of likely N-dealkylation sites (N-methyl/N-ethyl adjacent to an activating group) is 1. The second kappa shape index (κ2) is 16.3. The Morgan fingerprint density at radius 2 is 1.51 bits per heavy atom. The van der Waals surface area contributed by atoms with Gasteiger partial charge in [-0.3, -0.25) is 19.2 Å². The van der Waals surface area contributed by atoms with E-state index in [4.69, 9.17) is 0 Å². The number of hydrogen-bond donors (Lipinski definition) is 3. The topological polar surface area (TPSA) is 114 Å². The highest BCUT2D eigenvalue weighted by atomic mass is 19.3. The molecule has 0 bridgehead atoms. The highest BCUT2D eigenvalue weighted by molar-refractivity contribution is 5.98. The summed E-state index contributed by atoms with van der Waals surface area (Å²) in [6.45, 7) is 6.79. The van der Waals surface area contributed by atoms with Gasteiger partial charge < -0.3 is 30.7 Å². The van der Waals surface area contributed by atoms with E-state index < -0.39 is 47.5 Å². The van der Waals surface area contributed by atoms with Crippen LogP contribution in [0, 0.1) is 17.7 Å². The zero-order valence-corrected chi connectivity index (χ0v) is 28.1. The summed E-state index contributed by atoms with van der Waals surface area (Å²) >= 11 is 0. The Bertz CT molecular complexity index is 1260. The van der Waals surface area contributed by atoms with Crippen LogP contribution in [0.25, 0.3) is 0 Å². The zero-order valence-electron chi connectivity index (χ0n) is 28.1. The largest absolute Gasteiger partial charge is 0.344 e. The Morgan fingerprint density at radius 1 is 0.894 bits per heavy atom. The number of piperidine rings is 1. The van der Waals surface area contributed by atoms with Gasteiger partial charge in [0.05, 0.1) is 5.69 Å². The van der Waals surface area contributed by atoms with Crippen LogP contribution in [-0.4, -0.2) is 110 Å². The molecule has 0 unspecified atom stereocenters. The first kappa shape index (κ1) is 36.6. The summed E-state index contributed by atoms with van der Waals surface area (Å²) in [7, 11) is 3.82. The van der Waals surface area contributed by atoms with Crippen LogP contribution in [0.3, 0.4) is 0 Å². The molecule has 0 spiro atoms. The lowest BCUT2D eigenvalue weighted by atomic mass is 9.83. The van der Waals surface area contributed by atoms with Gasteiger partial charge in [0.25, 0.3) is 5.91 Å². The molecule has 3 fully saturated rings. The molecule has 3 atom stereocenters. The third-order valence-corrected chi connectivity index (χ3v) is 10.2. The minimum Gasteiger partial charge on any atom is -0.344 e. The van der Waals surface area contributed by atoms with Crippen molar-refractivity contribution in [3.8, 4) is 0 Å². The van der Waals surface area contributed by atoms with Crippen molar-refractivity contribution in [2.24, 2.45) is 11.8 Å². The molecule has 262 valence electrons. The lowest BCUT2D eigenvalue weighted by Gasteiger charge is -2.36. The Morgan fingerprint density at radius 3 is 2.11 bits per heavy atom. The molecule has 4 rings (SSSR count). The normalized spacial score (nSPS) is 21.0. The van der Waals surface area contributed by atoms with Gasteiger partial charge in [-0.1, -0.05) is 39.2 Å². The third-order valence-electron chi connectivity index (χ3n) is 10.2. The number of hydrogen-bond acceptors (Lipinski definition) is 6. The number of nitrogens with zero attached hydrogens (tertiary/aromatic N) is 3. The monoisotopic (exact) mass is 664 g/mol. The van der Waals surface area contributed by atoms with Crippen LogP contribution >= 0.6 is 0 Å². The number of halogens is 3. The van der Waals surface area contributed by atoms with Gasteiger partial charge in [-0.15, -0.1) is 0 Å². The summed E-state index contributed by atoms with van der Waals surface area (Å²) in [5, 5.41) is 7.71. The van der Waals surface area contributed by atoms with E-state index in [1.807, 2.05) is 19.0 Å². The minimum absolute atomic E-state index is 0.164. The minimum atomic E-state index is -3.64. The Labute approximate surface area is 276 Å². The summed E-state index contributed by atoms with van der Waals surface area (Å²) in [5.74, 6) is -9.23. The average molecular weight is 665 g/mol. The van der Waals surface area contributed by atoms with Crippen molar-refractivity contribution in [3.63, 3.8) is 0 Å². The Hall–Kier alpha value is -3.19. The Kier molecular flexibility index (Phi) is 12.7. The number of amides is 4. The highest BCUT2D eigenvalue weighted by Gasteiger charge is 2.49. The van der Waals surface area contributed by atoms with Crippen molar-refractivity contribution < 1.29 is 32.3 Å². The maximum atomic E-state index is 15.6. The fourth-order valence-electron chi connectivity index (χ4n) is 6.88. The second-order valence-electron chi connectivity index (χ2n) is 13.6. The smallest absolute Gasteiger partial charge is 0.327 e. The van der Waals surface area contributed by atoms with Crippen LogP contribution in [0.5, 0.6) is 0 Å². The van der Waals surface area contributed by atoms with Crippen molar-refractivity contribution in [1.29, 1.82) is 0 Å². The second-order valence-corrected chi connectivity index (χ2v) is 13.6. The van der Waals surface area contributed by atoms with Gasteiger partial charge >= 0.3 is 5.92 Å². The van der Waals surface area contributed by atoms with E-state index in [0.29, 0.717) is 57.7 Å². The van der Waals surface area contributed by atoms with Crippen LogP contribution in [0.2, 0.25) is 0 Å². The summed E-state index contributed by atoms with van der Waals surface area (Å²) in [6.07, 6.45) is 4.27. The van der Waals surface area contributed by atoms with E-state index in [1.54, 1.807) is 24.8 Å². The number of carbonyl (C=O) groups is 4. The van der Waals surface area contributed by atoms with Crippen LogP contribution < -0.4 is 16.0 Å². The van der Waals surface area contributed by atoms with Gasteiger partial charge in [0.15, 0.2) is 0 Å². The SMILES string of the molecule is CCC(=O)N[C@@H](C(=O)N1CCN(C)CC1)[C@@H](C)c1ccc(NC(=O)[C@@H](NC(=O)C(F)(F)C2CCN(C)CC2)C2CCCCC2)c(F)c1. The van der Waals surface area contributed by atoms with Crippen molar-refractivity contribution >= 4 is 29.3 Å². The third kappa shape index (κ3) is 9.25. The van der Waals surface area contributed by atoms with E-state index in [9.17, 15) is 19.2 Å². The molecule has 13 heteroatoms. The molecule has 1 aliphatic carbocycles. The maximum Gasteiger partial charge on any atom is 0.327 e. The molecule has 10 nitrogen and oxygen atoms in total. The zero-order chi connectivity index (χ0) is 34.3. The fraction of sp³-hybridized carbons (Fsp3) is 0.706. The number of anilines is 1. The van der Waals surface area contributed by atoms with Crippen LogP contribution in [0.4, 0.5) is 18.9 Å². The molecule has 0 aromatic heterocycles. The van der Waals surface area contributed by atoms with Crippen molar-refractivity contribution in [2.45, 2.75) is 89.1 Å². The van der Waals surface area contributed by atoms with E-state index in [1.165, 1.54) is 12.1 Å². The molecule has 4 amide bonds. The molecule has 2 heterocycles. The summed E-state index contributed by atoms with van der Waals surface area (Å²) in [6, 6.07) is 2.00. The molecule has 1 aromatic rings. The fourth-order valence-corrected chi connectivity index (χ4v) is 6.88. The van der Waals surface area contributed by atoms with E-state index in [0.717, 1.165) is 19.3 Å². The number of likely N-dealkylation sites (tertiary alicyclic amines) is 1. The molecule has 3 aliphatic rings. The van der Waals surface area contributed by atoms with Crippen LogP contribution in [0.1, 0.15) is 76.7 Å². The first-order valence-electron chi connectivity index (χ1n) is 17.1. The van der Waals surface area contributed by atoms with Gasteiger partial charge in [-0.25, -0.2) is 4.39 Å². The molecule has 47 heavy (non-hydrogen) atoms. The first-order valence-corrected chi connectivity index (χ1v) is 17.1. The number of nitrogens with one attached hydrogen (secondary N) is 3. The molecular formula is C34H51F3N6O4. The molecule has 2 saturated heterocycles. The molecular weight excluding hydrogens is 613 g/mol. The number of carbonyl (C=O) groups excluding carboxylic acids is 4. The van der Waals surface area contributed by atoms with Gasteiger partial charge in [0.2, 0.25) is 17.7 Å². The molecule has 1 saturated carbocycles. The number of rotatable bonds is 11. The molecule has 2 aliphatic heterocycles. The summed E-state index contributed by atoms with van der Waals surface area (Å²) in [5.41, 5.74) is 0.280. The maximum absolute atomic E-state index is 15.6. The first-order chi connectivity index (χ1) is 22.3. The van der Waals surface area contributed by atoms with Gasteiger partial charge in [-0.05, 0) is 76.5 Å². The number of piperazine rings is 1. The number of benzene rings is 1. The van der Waals surface area contributed by atoms with Crippen molar-refractivity contribution in [3.05, 3.63) is 29.6 Å². The van der Waals surface area contributed by atoms with Crippen molar-refractivity contribution in [1.82, 2.24) is 25.3 Å². The molecule has 1 aromatic carbocycles. The van der Waals surface area contributed by atoms with Crippen molar-refractivity contribution in [2.75, 3.05) is 58.7 Å². The standard InChI is InChI=1S/C34H51F3N6O4/c1-5-28(44)39-29(32(46)43-19-17-42(4)18-20-43)22(2)24-11-12-27(26(35)21-24)38-31(45)30(23-9-7-6-8-10-23)40-33(47)34(36,37)25-13-15-41(3)16-14-25/h11-12,21-23,25,29-30H,5-10,13-20H2,1-4H3,(H,38,45)(H,39,44)(H,40,47)/t22-,29+,30-/m0/s1. The number of alkyl halides is 2. The van der Waals surface area contributed by atoms with Gasteiger partial charge in [-0.2, -0.15) is 8.78 Å². The van der Waals surface area contributed by atoms with E-state index in [-0.39, 0.29) is 42.7 Å². The van der Waals surface area contributed by atoms with Gasteiger partial charge in [0, 0.05) is 44.4 Å². The highest BCUT2D eigenvalue weighted by Crippen LogP contribution is 2.35. The molecule has 0 radical (unpaired) electrons. The average Bonchev–Trinajstić information content (AvgIpc) is 3.07. The summed E-state index contributed by atoms with van der Waals surface area (Å²) < 4.78 is 46.2. The summed E-state index contributed by atoms with van der Waals surface area (Å²) in [4.78, 5) is 58.2. The van der Waals surface area contributed by atoms with E-state index in [2.05, 4.69) is 20.9 Å². The van der Waals surface area contributed by atoms with Crippen LogP contribution in [0.15, 0.2) is 18.2 Å². The van der Waals surface area contributed by atoms with E-state index >= 15 is 13.2 Å². The predicted molar refractivity (Wildman–Crippen MR) is 173 cm³/mol.